The summed E-state index contributed by atoms with van der Waals surface area (Å²) in [5, 5.41) is 17.4. The Balaban J connectivity index is 2.01. The van der Waals surface area contributed by atoms with Crippen molar-refractivity contribution in [3.05, 3.63) is 29.3 Å². The molecule has 10 heteroatoms. The Kier molecular flexibility index (Phi) is 10.1. The van der Waals surface area contributed by atoms with Gasteiger partial charge in [-0.2, -0.15) is 18.3 Å². The highest BCUT2D eigenvalue weighted by molar-refractivity contribution is 8.15. The fraction of sp³-hybridized carbons (Fsp3) is 0.600. The van der Waals surface area contributed by atoms with E-state index in [1.54, 1.807) is 6.07 Å². The molecule has 1 unspecified atom stereocenters. The van der Waals surface area contributed by atoms with Gasteiger partial charge in [0.15, 0.2) is 0 Å². The molecule has 30 heavy (non-hydrogen) atoms. The third-order valence-corrected chi connectivity index (χ3v) is 5.35. The van der Waals surface area contributed by atoms with Gasteiger partial charge in [-0.3, -0.25) is 0 Å². The lowest BCUT2D eigenvalue weighted by atomic mass is 10.1. The van der Waals surface area contributed by atoms with E-state index < -0.39 is 17.8 Å². The summed E-state index contributed by atoms with van der Waals surface area (Å²) in [5.74, 6) is 0.170. The third-order valence-electron chi connectivity index (χ3n) is 4.32. The summed E-state index contributed by atoms with van der Waals surface area (Å²) < 4.78 is 51.4. The number of aliphatic hydroxyl groups excluding tert-OH is 1. The molecule has 0 saturated carbocycles. The number of aliphatic hydroxyl groups is 1. The lowest BCUT2D eigenvalue weighted by molar-refractivity contribution is -0.139. The largest absolute Gasteiger partial charge is 0.493 e. The van der Waals surface area contributed by atoms with E-state index in [-0.39, 0.29) is 19.0 Å². The molecule has 0 spiro atoms. The number of unbranched alkanes of at least 4 members (excludes halogenated alkanes) is 2. The molecule has 0 aromatic heterocycles. The Morgan fingerprint density at radius 3 is 2.57 bits per heavy atom. The molecule has 1 heterocycles. The summed E-state index contributed by atoms with van der Waals surface area (Å²) in [6.07, 6.45) is -1.25. The van der Waals surface area contributed by atoms with E-state index >= 15 is 0 Å². The summed E-state index contributed by atoms with van der Waals surface area (Å²) in [5.41, 5.74) is 5.67. The van der Waals surface area contributed by atoms with E-state index in [1.807, 2.05) is 6.92 Å². The quantitative estimate of drug-likeness (QED) is 0.475. The molecule has 1 aliphatic rings. The second kappa shape index (κ2) is 12.3. The zero-order valence-electron chi connectivity index (χ0n) is 17.0. The van der Waals surface area contributed by atoms with Gasteiger partial charge in [0.2, 0.25) is 0 Å². The Morgan fingerprint density at radius 1 is 1.17 bits per heavy atom. The number of nitrogens with zero attached hydrogens (tertiary/aromatic N) is 2. The van der Waals surface area contributed by atoms with Crippen molar-refractivity contribution in [1.29, 1.82) is 0 Å². The first-order chi connectivity index (χ1) is 14.4. The number of benzene rings is 1. The normalized spacial score (nSPS) is 15.5. The van der Waals surface area contributed by atoms with E-state index in [0.717, 1.165) is 31.9 Å². The van der Waals surface area contributed by atoms with Gasteiger partial charge >= 0.3 is 6.18 Å². The van der Waals surface area contributed by atoms with Gasteiger partial charge in [-0.05, 0) is 43.9 Å². The van der Waals surface area contributed by atoms with E-state index in [1.165, 1.54) is 17.8 Å². The number of ether oxygens (including phenoxy) is 2. The number of halogens is 3. The predicted octanol–water partition coefficient (Wildman–Crippen LogP) is 3.85. The second-order valence-corrected chi connectivity index (χ2v) is 7.77. The number of hydrogen-bond acceptors (Lipinski definition) is 7. The first-order valence-corrected chi connectivity index (χ1v) is 10.9. The van der Waals surface area contributed by atoms with Crippen LogP contribution in [-0.4, -0.2) is 54.1 Å². The predicted molar refractivity (Wildman–Crippen MR) is 113 cm³/mol. The van der Waals surface area contributed by atoms with Crippen molar-refractivity contribution in [2.24, 2.45) is 15.9 Å². The van der Waals surface area contributed by atoms with E-state index in [0.29, 0.717) is 35.1 Å². The average Bonchev–Trinajstić information content (AvgIpc) is 2.74. The molecule has 1 atom stereocenters. The minimum absolute atomic E-state index is 0.193. The summed E-state index contributed by atoms with van der Waals surface area (Å²) in [6, 6.07) is 3.28. The number of nitrogens with two attached hydrogens (primary N) is 1. The van der Waals surface area contributed by atoms with Crippen LogP contribution in [0.5, 0.6) is 5.75 Å². The van der Waals surface area contributed by atoms with E-state index in [4.69, 9.17) is 20.3 Å². The van der Waals surface area contributed by atoms with Crippen molar-refractivity contribution in [2.75, 3.05) is 32.2 Å². The molecule has 0 radical (unpaired) electrons. The van der Waals surface area contributed by atoms with Crippen LogP contribution in [0.2, 0.25) is 0 Å². The van der Waals surface area contributed by atoms with E-state index in [9.17, 15) is 13.2 Å². The number of hydrogen-bond donors (Lipinski definition) is 2. The molecular formula is C20H28F3N3O3S. The first-order valence-electron chi connectivity index (χ1n) is 9.92. The lowest BCUT2D eigenvalue weighted by Crippen LogP contribution is -2.36. The fourth-order valence-corrected chi connectivity index (χ4v) is 3.61. The summed E-state index contributed by atoms with van der Waals surface area (Å²) in [7, 11) is 0. The molecule has 6 nitrogen and oxygen atoms in total. The molecule has 0 bridgehead atoms. The Labute approximate surface area is 178 Å². The zero-order valence-corrected chi connectivity index (χ0v) is 17.8. The molecule has 0 saturated heterocycles. The van der Waals surface area contributed by atoms with Crippen LogP contribution in [0.4, 0.5) is 13.2 Å². The molecule has 0 amide bonds. The summed E-state index contributed by atoms with van der Waals surface area (Å²) in [6.45, 7) is 3.36. The molecule has 168 valence electrons. The Hall–Kier alpha value is -1.62. The zero-order chi connectivity index (χ0) is 22.0. The van der Waals surface area contributed by atoms with Crippen LogP contribution < -0.4 is 10.5 Å². The van der Waals surface area contributed by atoms with Gasteiger partial charge in [-0.25, -0.2) is 0 Å². The van der Waals surface area contributed by atoms with Gasteiger partial charge in [-0.15, -0.1) is 5.10 Å². The standard InChI is InChI=1S/C20H28F3N3O3S/c1-2-8-28-9-4-3-5-10-29-18-7-6-14(11-15(18)20(21,22)23)19-26-25-17(13-30-19)16(24)12-27/h6-7,11,16,27H,2-5,8-10,12-13,24H2,1H3. The molecule has 1 aromatic rings. The van der Waals surface area contributed by atoms with Crippen molar-refractivity contribution in [3.63, 3.8) is 0 Å². The van der Waals surface area contributed by atoms with Crippen molar-refractivity contribution in [1.82, 2.24) is 0 Å². The minimum Gasteiger partial charge on any atom is -0.493 e. The average molecular weight is 448 g/mol. The van der Waals surface area contributed by atoms with Crippen LogP contribution in [0.3, 0.4) is 0 Å². The number of alkyl halides is 3. The van der Waals surface area contributed by atoms with Gasteiger partial charge in [0.25, 0.3) is 0 Å². The van der Waals surface area contributed by atoms with Crippen molar-refractivity contribution in [2.45, 2.75) is 44.8 Å². The van der Waals surface area contributed by atoms with Gasteiger partial charge in [-0.1, -0.05) is 18.7 Å². The van der Waals surface area contributed by atoms with Crippen LogP contribution >= 0.6 is 11.8 Å². The highest BCUT2D eigenvalue weighted by Gasteiger charge is 2.35. The number of thioether (sulfide) groups is 1. The maximum absolute atomic E-state index is 13.5. The maximum atomic E-state index is 13.5. The van der Waals surface area contributed by atoms with Gasteiger partial charge in [0.1, 0.15) is 10.8 Å². The molecular weight excluding hydrogens is 419 g/mol. The van der Waals surface area contributed by atoms with Crippen LogP contribution in [0.1, 0.15) is 43.7 Å². The second-order valence-electron chi connectivity index (χ2n) is 6.80. The van der Waals surface area contributed by atoms with Crippen molar-refractivity contribution < 1.29 is 27.8 Å². The van der Waals surface area contributed by atoms with Crippen molar-refractivity contribution in [3.8, 4) is 5.75 Å². The topological polar surface area (TPSA) is 89.4 Å². The van der Waals surface area contributed by atoms with Crippen LogP contribution in [0.25, 0.3) is 0 Å². The van der Waals surface area contributed by atoms with Gasteiger partial charge < -0.3 is 20.3 Å². The first kappa shape index (κ1) is 24.6. The molecule has 1 aliphatic heterocycles. The highest BCUT2D eigenvalue weighted by Crippen LogP contribution is 2.38. The summed E-state index contributed by atoms with van der Waals surface area (Å²) in [4.78, 5) is 0. The Bertz CT molecular complexity index is 742. The smallest absolute Gasteiger partial charge is 0.419 e. The van der Waals surface area contributed by atoms with E-state index in [2.05, 4.69) is 10.2 Å². The maximum Gasteiger partial charge on any atom is 0.419 e. The molecule has 1 aromatic carbocycles. The molecule has 2 rings (SSSR count). The van der Waals surface area contributed by atoms with Crippen LogP contribution in [-0.2, 0) is 10.9 Å². The van der Waals surface area contributed by atoms with Gasteiger partial charge in [0.05, 0.1) is 30.5 Å². The SMILES string of the molecule is CCCOCCCCCOc1ccc(C2=NN=C(C(N)CO)CS2)cc1C(F)(F)F. The lowest BCUT2D eigenvalue weighted by Gasteiger charge is -2.18. The van der Waals surface area contributed by atoms with Crippen LogP contribution in [0, 0.1) is 0 Å². The summed E-state index contributed by atoms with van der Waals surface area (Å²) >= 11 is 1.23. The fourth-order valence-electron chi connectivity index (χ4n) is 2.66. The minimum atomic E-state index is -4.55. The third kappa shape index (κ3) is 7.57. The van der Waals surface area contributed by atoms with Crippen LogP contribution in [0.15, 0.2) is 28.4 Å². The Morgan fingerprint density at radius 2 is 1.93 bits per heavy atom. The highest BCUT2D eigenvalue weighted by atomic mass is 32.2. The van der Waals surface area contributed by atoms with Gasteiger partial charge in [0, 0.05) is 24.5 Å². The molecule has 3 N–H and O–H groups in total. The molecule has 0 aliphatic carbocycles. The molecule has 0 fully saturated rings. The monoisotopic (exact) mass is 447 g/mol. The van der Waals surface area contributed by atoms with Crippen molar-refractivity contribution >= 4 is 22.5 Å². The number of rotatable bonds is 12.